The number of carboxylic acid groups (broad SMARTS) is 1. The van der Waals surface area contributed by atoms with Gasteiger partial charge in [-0.2, -0.15) is 0 Å². The predicted molar refractivity (Wildman–Crippen MR) is 116 cm³/mol. The maximum absolute atomic E-state index is 12.4. The zero-order chi connectivity index (χ0) is 21.9. The number of aliphatic carboxylic acids is 1. The Hall–Kier alpha value is -2.45. The van der Waals surface area contributed by atoms with Crippen LogP contribution in [0.4, 0.5) is 4.79 Å². The van der Waals surface area contributed by atoms with Crippen LogP contribution in [0.5, 0.6) is 0 Å². The van der Waals surface area contributed by atoms with E-state index < -0.39 is 11.6 Å². The van der Waals surface area contributed by atoms with Crippen LogP contribution in [0, 0.1) is 5.41 Å². The molecule has 1 saturated carbocycles. The third-order valence-corrected chi connectivity index (χ3v) is 6.77. The first-order chi connectivity index (χ1) is 14.9. The standard InChI is InChI=1S/C23H25BrN2O5/c24-18-6-7-19(25-12-18)23(31-14-20(27)28)10-8-22(9-11-23)15-26(16-22)21(29)30-13-17-4-2-1-3-5-17/h1-7,12H,8-11,13-16H2,(H,27,28). The summed E-state index contributed by atoms with van der Waals surface area (Å²) in [6.07, 6.45) is 4.44. The summed E-state index contributed by atoms with van der Waals surface area (Å²) in [5.41, 5.74) is 1.05. The average Bonchev–Trinajstić information content (AvgIpc) is 2.76. The number of hydrogen-bond acceptors (Lipinski definition) is 5. The van der Waals surface area contributed by atoms with E-state index in [1.54, 1.807) is 11.1 Å². The first-order valence-electron chi connectivity index (χ1n) is 10.3. The van der Waals surface area contributed by atoms with Gasteiger partial charge in [-0.1, -0.05) is 30.3 Å². The summed E-state index contributed by atoms with van der Waals surface area (Å²) in [6.45, 7) is 1.22. The minimum atomic E-state index is -0.993. The Kier molecular flexibility index (Phi) is 6.29. The molecule has 0 unspecified atom stereocenters. The van der Waals surface area contributed by atoms with E-state index in [1.165, 1.54) is 0 Å². The molecule has 2 fully saturated rings. The van der Waals surface area contributed by atoms with Gasteiger partial charge in [0.15, 0.2) is 0 Å². The highest BCUT2D eigenvalue weighted by atomic mass is 79.9. The number of carbonyl (C=O) groups excluding carboxylic acids is 1. The molecule has 1 aromatic heterocycles. The fourth-order valence-corrected chi connectivity index (χ4v) is 4.76. The number of amides is 1. The van der Waals surface area contributed by atoms with Gasteiger partial charge in [-0.3, -0.25) is 4.98 Å². The van der Waals surface area contributed by atoms with E-state index in [-0.39, 0.29) is 24.7 Å². The number of halogens is 1. The van der Waals surface area contributed by atoms with Crippen molar-refractivity contribution >= 4 is 28.0 Å². The maximum Gasteiger partial charge on any atom is 0.410 e. The monoisotopic (exact) mass is 488 g/mol. The highest BCUT2D eigenvalue weighted by Crippen LogP contribution is 2.51. The van der Waals surface area contributed by atoms with Crippen molar-refractivity contribution in [1.29, 1.82) is 0 Å². The lowest BCUT2D eigenvalue weighted by atomic mass is 9.64. The molecule has 164 valence electrons. The van der Waals surface area contributed by atoms with Crippen molar-refractivity contribution in [2.75, 3.05) is 19.7 Å². The number of carbonyl (C=O) groups is 2. The molecule has 4 rings (SSSR count). The minimum absolute atomic E-state index is 0.0389. The third kappa shape index (κ3) is 4.91. The number of rotatable bonds is 6. The molecule has 1 N–H and O–H groups in total. The van der Waals surface area contributed by atoms with Gasteiger partial charge >= 0.3 is 12.1 Å². The third-order valence-electron chi connectivity index (χ3n) is 6.30. The molecule has 2 heterocycles. The van der Waals surface area contributed by atoms with E-state index in [0.29, 0.717) is 25.9 Å². The van der Waals surface area contributed by atoms with Crippen molar-refractivity contribution in [2.45, 2.75) is 37.9 Å². The smallest absolute Gasteiger partial charge is 0.410 e. The van der Waals surface area contributed by atoms with Gasteiger partial charge in [0.05, 0.1) is 5.69 Å². The summed E-state index contributed by atoms with van der Waals surface area (Å²) >= 11 is 3.39. The Morgan fingerprint density at radius 2 is 1.77 bits per heavy atom. The van der Waals surface area contributed by atoms with Crippen LogP contribution >= 0.6 is 15.9 Å². The second-order valence-electron chi connectivity index (χ2n) is 8.43. The molecular weight excluding hydrogens is 464 g/mol. The summed E-state index contributed by atoms with van der Waals surface area (Å²) in [6, 6.07) is 13.4. The molecule has 2 aliphatic rings. The fraction of sp³-hybridized carbons (Fsp3) is 0.435. The van der Waals surface area contributed by atoms with Crippen molar-refractivity contribution in [1.82, 2.24) is 9.88 Å². The Morgan fingerprint density at radius 1 is 1.06 bits per heavy atom. The summed E-state index contributed by atoms with van der Waals surface area (Å²) in [4.78, 5) is 29.8. The SMILES string of the molecule is O=C(O)COC1(c2ccc(Br)cn2)CCC2(CC1)CN(C(=O)OCc1ccccc1)C2. The number of benzene rings is 1. The molecule has 0 atom stereocenters. The van der Waals surface area contributed by atoms with Crippen LogP contribution in [-0.4, -0.2) is 46.7 Å². The number of likely N-dealkylation sites (tertiary alicyclic amines) is 1. The fourth-order valence-electron chi connectivity index (χ4n) is 4.52. The van der Waals surface area contributed by atoms with Gasteiger partial charge in [0.1, 0.15) is 18.8 Å². The highest BCUT2D eigenvalue weighted by molar-refractivity contribution is 9.10. The summed E-state index contributed by atoms with van der Waals surface area (Å²) in [5, 5.41) is 9.13. The molecule has 7 nitrogen and oxygen atoms in total. The average molecular weight is 489 g/mol. The second kappa shape index (κ2) is 8.96. The number of pyridine rings is 1. The molecule has 1 aliphatic heterocycles. The van der Waals surface area contributed by atoms with E-state index >= 15 is 0 Å². The van der Waals surface area contributed by atoms with Gasteiger partial charge in [0, 0.05) is 29.2 Å². The van der Waals surface area contributed by atoms with E-state index in [9.17, 15) is 9.59 Å². The van der Waals surface area contributed by atoms with Crippen molar-refractivity contribution < 1.29 is 24.2 Å². The van der Waals surface area contributed by atoms with Crippen LogP contribution in [0.3, 0.4) is 0 Å². The van der Waals surface area contributed by atoms with Gasteiger partial charge in [-0.05, 0) is 59.3 Å². The molecule has 1 amide bonds. The van der Waals surface area contributed by atoms with Crippen LogP contribution in [-0.2, 0) is 26.5 Å². The summed E-state index contributed by atoms with van der Waals surface area (Å²) in [7, 11) is 0. The molecule has 8 heteroatoms. The largest absolute Gasteiger partial charge is 0.480 e. The van der Waals surface area contributed by atoms with E-state index in [4.69, 9.17) is 14.6 Å². The minimum Gasteiger partial charge on any atom is -0.480 e. The van der Waals surface area contributed by atoms with Gasteiger partial charge in [0.25, 0.3) is 0 Å². The van der Waals surface area contributed by atoms with Gasteiger partial charge in [-0.15, -0.1) is 0 Å². The van der Waals surface area contributed by atoms with Gasteiger partial charge in [-0.25, -0.2) is 9.59 Å². The Morgan fingerprint density at radius 3 is 2.39 bits per heavy atom. The van der Waals surface area contributed by atoms with Gasteiger partial charge < -0.3 is 19.5 Å². The summed E-state index contributed by atoms with van der Waals surface area (Å²) in [5.74, 6) is -0.993. The Labute approximate surface area is 189 Å². The molecule has 0 radical (unpaired) electrons. The molecule has 1 saturated heterocycles. The number of carboxylic acids is 1. The second-order valence-corrected chi connectivity index (χ2v) is 9.35. The van der Waals surface area contributed by atoms with Crippen LogP contribution in [0.2, 0.25) is 0 Å². The molecule has 0 bridgehead atoms. The number of hydrogen-bond donors (Lipinski definition) is 1. The molecule has 1 aliphatic carbocycles. The van der Waals surface area contributed by atoms with E-state index in [1.807, 2.05) is 42.5 Å². The lowest BCUT2D eigenvalue weighted by Crippen LogP contribution is -2.61. The Bertz CT molecular complexity index is 919. The molecule has 1 aromatic carbocycles. The first kappa shape index (κ1) is 21.8. The topological polar surface area (TPSA) is 89.0 Å². The van der Waals surface area contributed by atoms with Crippen molar-refractivity contribution in [3.63, 3.8) is 0 Å². The van der Waals surface area contributed by atoms with Gasteiger partial charge in [0.2, 0.25) is 0 Å². The normalized spacial score (nSPS) is 18.9. The Balaban J connectivity index is 1.34. The van der Waals surface area contributed by atoms with Crippen molar-refractivity contribution in [3.8, 4) is 0 Å². The lowest BCUT2D eigenvalue weighted by molar-refractivity contribution is -0.161. The van der Waals surface area contributed by atoms with Crippen molar-refractivity contribution in [3.05, 3.63) is 64.4 Å². The summed E-state index contributed by atoms with van der Waals surface area (Å²) < 4.78 is 12.2. The molecule has 2 aromatic rings. The van der Waals surface area contributed by atoms with E-state index in [0.717, 1.165) is 28.6 Å². The lowest BCUT2D eigenvalue weighted by Gasteiger charge is -2.54. The zero-order valence-electron chi connectivity index (χ0n) is 17.1. The zero-order valence-corrected chi connectivity index (χ0v) is 18.7. The molecule has 1 spiro atoms. The van der Waals surface area contributed by atoms with Crippen LogP contribution < -0.4 is 0 Å². The number of nitrogens with zero attached hydrogens (tertiary/aromatic N) is 2. The molecule has 31 heavy (non-hydrogen) atoms. The quantitative estimate of drug-likeness (QED) is 0.649. The molecular formula is C23H25BrN2O5. The predicted octanol–water partition coefficient (Wildman–Crippen LogP) is 4.35. The van der Waals surface area contributed by atoms with Crippen LogP contribution in [0.15, 0.2) is 53.1 Å². The highest BCUT2D eigenvalue weighted by Gasteiger charge is 2.52. The van der Waals surface area contributed by atoms with Crippen LogP contribution in [0.1, 0.15) is 36.9 Å². The van der Waals surface area contributed by atoms with Crippen molar-refractivity contribution in [2.24, 2.45) is 5.41 Å². The number of ether oxygens (including phenoxy) is 2. The first-order valence-corrected chi connectivity index (χ1v) is 11.1. The van der Waals surface area contributed by atoms with Crippen LogP contribution in [0.25, 0.3) is 0 Å². The number of aromatic nitrogens is 1. The van der Waals surface area contributed by atoms with E-state index in [2.05, 4.69) is 20.9 Å². The maximum atomic E-state index is 12.4.